The lowest BCUT2D eigenvalue weighted by Gasteiger charge is -2.31. The zero-order valence-corrected chi connectivity index (χ0v) is 14.2. The zero-order chi connectivity index (χ0) is 16.7. The number of pyridine rings is 1. The molecule has 5 nitrogen and oxygen atoms in total. The van der Waals surface area contributed by atoms with Crippen molar-refractivity contribution in [2.24, 2.45) is 0 Å². The zero-order valence-electron chi connectivity index (χ0n) is 13.4. The third-order valence-corrected chi connectivity index (χ3v) is 4.73. The SMILES string of the molecule is Cc1nc(-c2c(N3CCCCC3)c3cc(Cl)ccc3[nH]c2=O)co1. The van der Waals surface area contributed by atoms with Crippen LogP contribution < -0.4 is 10.5 Å². The Morgan fingerprint density at radius 2 is 2.04 bits per heavy atom. The molecule has 3 heterocycles. The van der Waals surface area contributed by atoms with Gasteiger partial charge in [-0.3, -0.25) is 4.79 Å². The Bertz CT molecular complexity index is 955. The molecule has 1 aliphatic heterocycles. The molecule has 124 valence electrons. The summed E-state index contributed by atoms with van der Waals surface area (Å²) in [6.45, 7) is 3.62. The summed E-state index contributed by atoms with van der Waals surface area (Å²) in [6.07, 6.45) is 5.00. The van der Waals surface area contributed by atoms with E-state index in [9.17, 15) is 4.79 Å². The number of piperidine rings is 1. The molecule has 0 radical (unpaired) electrons. The summed E-state index contributed by atoms with van der Waals surface area (Å²) in [7, 11) is 0. The minimum atomic E-state index is -0.154. The first-order chi connectivity index (χ1) is 11.6. The van der Waals surface area contributed by atoms with Crippen molar-refractivity contribution in [2.75, 3.05) is 18.0 Å². The van der Waals surface area contributed by atoms with E-state index < -0.39 is 0 Å². The average molecular weight is 344 g/mol. The van der Waals surface area contributed by atoms with E-state index >= 15 is 0 Å². The average Bonchev–Trinajstić information content (AvgIpc) is 3.01. The standard InChI is InChI=1S/C18H18ClN3O2/c1-11-20-15(10-24-11)16-17(22-7-3-2-4-8-22)13-9-12(19)5-6-14(13)21-18(16)23/h5-6,9-10H,2-4,7-8H2,1H3,(H,21,23). The fourth-order valence-electron chi connectivity index (χ4n) is 3.41. The molecule has 1 fully saturated rings. The number of aromatic amines is 1. The van der Waals surface area contributed by atoms with Crippen molar-refractivity contribution < 1.29 is 4.42 Å². The van der Waals surface area contributed by atoms with E-state index in [2.05, 4.69) is 14.9 Å². The molecule has 24 heavy (non-hydrogen) atoms. The van der Waals surface area contributed by atoms with Crippen molar-refractivity contribution in [3.63, 3.8) is 0 Å². The number of aryl methyl sites for hydroxylation is 1. The number of aromatic nitrogens is 2. The molecule has 0 atom stereocenters. The Balaban J connectivity index is 2.05. The summed E-state index contributed by atoms with van der Waals surface area (Å²) in [6, 6.07) is 5.55. The maximum Gasteiger partial charge on any atom is 0.260 e. The van der Waals surface area contributed by atoms with E-state index in [1.165, 1.54) is 6.42 Å². The van der Waals surface area contributed by atoms with E-state index in [1.807, 2.05) is 12.1 Å². The van der Waals surface area contributed by atoms with Crippen LogP contribution in [-0.4, -0.2) is 23.1 Å². The second-order valence-electron chi connectivity index (χ2n) is 6.17. The molecule has 1 aliphatic rings. The van der Waals surface area contributed by atoms with Crippen LogP contribution in [0.15, 0.2) is 33.7 Å². The predicted octanol–water partition coefficient (Wildman–Crippen LogP) is 4.14. The number of hydrogen-bond acceptors (Lipinski definition) is 4. The number of benzene rings is 1. The summed E-state index contributed by atoms with van der Waals surface area (Å²) in [5.74, 6) is 0.542. The second kappa shape index (κ2) is 5.98. The number of oxazole rings is 1. The number of H-pyrrole nitrogens is 1. The number of nitrogens with zero attached hydrogens (tertiary/aromatic N) is 2. The number of rotatable bonds is 2. The molecule has 4 rings (SSSR count). The molecule has 6 heteroatoms. The molecule has 1 aromatic carbocycles. The minimum absolute atomic E-state index is 0.154. The highest BCUT2D eigenvalue weighted by Gasteiger charge is 2.23. The highest BCUT2D eigenvalue weighted by atomic mass is 35.5. The quantitative estimate of drug-likeness (QED) is 0.759. The predicted molar refractivity (Wildman–Crippen MR) is 95.9 cm³/mol. The van der Waals surface area contributed by atoms with Crippen molar-refractivity contribution >= 4 is 28.2 Å². The first-order valence-electron chi connectivity index (χ1n) is 8.16. The number of fused-ring (bicyclic) bond motifs is 1. The van der Waals surface area contributed by atoms with Gasteiger partial charge in [0.25, 0.3) is 5.56 Å². The Morgan fingerprint density at radius 3 is 2.75 bits per heavy atom. The Hall–Kier alpha value is -2.27. The van der Waals surface area contributed by atoms with E-state index in [1.54, 1.807) is 19.3 Å². The molecule has 0 aliphatic carbocycles. The number of hydrogen-bond donors (Lipinski definition) is 1. The van der Waals surface area contributed by atoms with E-state index in [4.69, 9.17) is 16.0 Å². The molecule has 0 amide bonds. The number of anilines is 1. The van der Waals surface area contributed by atoms with Crippen LogP contribution in [0.5, 0.6) is 0 Å². The van der Waals surface area contributed by atoms with Gasteiger partial charge >= 0.3 is 0 Å². The Kier molecular flexibility index (Phi) is 3.81. The monoisotopic (exact) mass is 343 g/mol. The summed E-state index contributed by atoms with van der Waals surface area (Å²) in [4.78, 5) is 22.4. The van der Waals surface area contributed by atoms with Crippen LogP contribution in [0, 0.1) is 6.92 Å². The van der Waals surface area contributed by atoms with Crippen molar-refractivity contribution in [3.8, 4) is 11.3 Å². The molecule has 2 aromatic heterocycles. The van der Waals surface area contributed by atoms with Crippen LogP contribution in [-0.2, 0) is 0 Å². The van der Waals surface area contributed by atoms with Crippen molar-refractivity contribution in [2.45, 2.75) is 26.2 Å². The largest absolute Gasteiger partial charge is 0.449 e. The summed E-state index contributed by atoms with van der Waals surface area (Å²) >= 11 is 6.23. The van der Waals surface area contributed by atoms with Gasteiger partial charge in [-0.2, -0.15) is 0 Å². The molecule has 0 spiro atoms. The summed E-state index contributed by atoms with van der Waals surface area (Å²) < 4.78 is 5.34. The number of halogens is 1. The van der Waals surface area contributed by atoms with E-state index in [0.29, 0.717) is 22.2 Å². The van der Waals surface area contributed by atoms with Gasteiger partial charge in [0.15, 0.2) is 5.89 Å². The Morgan fingerprint density at radius 1 is 1.25 bits per heavy atom. The van der Waals surface area contributed by atoms with E-state index in [0.717, 1.165) is 42.5 Å². The molecule has 0 bridgehead atoms. The lowest BCUT2D eigenvalue weighted by Crippen LogP contribution is -2.31. The molecular weight excluding hydrogens is 326 g/mol. The fourth-order valence-corrected chi connectivity index (χ4v) is 3.58. The van der Waals surface area contributed by atoms with Crippen LogP contribution >= 0.6 is 11.6 Å². The molecule has 1 saturated heterocycles. The van der Waals surface area contributed by atoms with Crippen LogP contribution in [0.25, 0.3) is 22.2 Å². The summed E-state index contributed by atoms with van der Waals surface area (Å²) in [5.41, 5.74) is 2.66. The smallest absolute Gasteiger partial charge is 0.260 e. The molecule has 1 N–H and O–H groups in total. The van der Waals surface area contributed by atoms with Crippen molar-refractivity contribution in [1.29, 1.82) is 0 Å². The van der Waals surface area contributed by atoms with Crippen molar-refractivity contribution in [1.82, 2.24) is 9.97 Å². The maximum absolute atomic E-state index is 12.8. The third-order valence-electron chi connectivity index (χ3n) is 4.50. The lowest BCUT2D eigenvalue weighted by atomic mass is 10.0. The van der Waals surface area contributed by atoms with Crippen LogP contribution in [0.1, 0.15) is 25.2 Å². The highest BCUT2D eigenvalue weighted by molar-refractivity contribution is 6.31. The van der Waals surface area contributed by atoms with Gasteiger partial charge in [0.05, 0.1) is 16.8 Å². The maximum atomic E-state index is 12.8. The molecule has 0 saturated carbocycles. The molecular formula is C18H18ClN3O2. The minimum Gasteiger partial charge on any atom is -0.449 e. The number of nitrogens with one attached hydrogen (secondary N) is 1. The van der Waals surface area contributed by atoms with E-state index in [-0.39, 0.29) is 5.56 Å². The van der Waals surface area contributed by atoms with Gasteiger partial charge in [0, 0.05) is 30.4 Å². The van der Waals surface area contributed by atoms with Gasteiger partial charge in [-0.15, -0.1) is 0 Å². The van der Waals surface area contributed by atoms with Gasteiger partial charge in [-0.05, 0) is 37.5 Å². The molecule has 3 aromatic rings. The Labute approximate surface area is 144 Å². The third kappa shape index (κ3) is 2.59. The topological polar surface area (TPSA) is 62.1 Å². The second-order valence-corrected chi connectivity index (χ2v) is 6.60. The van der Waals surface area contributed by atoms with Gasteiger partial charge in [0.1, 0.15) is 12.0 Å². The first kappa shape index (κ1) is 15.3. The molecule has 0 unspecified atom stereocenters. The van der Waals surface area contributed by atoms with Gasteiger partial charge < -0.3 is 14.3 Å². The van der Waals surface area contributed by atoms with Gasteiger partial charge in [-0.25, -0.2) is 4.98 Å². The van der Waals surface area contributed by atoms with Gasteiger partial charge in [0.2, 0.25) is 0 Å². The lowest BCUT2D eigenvalue weighted by molar-refractivity contribution is 0.521. The van der Waals surface area contributed by atoms with Crippen LogP contribution in [0.4, 0.5) is 5.69 Å². The van der Waals surface area contributed by atoms with Crippen molar-refractivity contribution in [3.05, 3.63) is 45.7 Å². The normalized spacial score (nSPS) is 15.2. The summed E-state index contributed by atoms with van der Waals surface area (Å²) in [5, 5.41) is 1.59. The first-order valence-corrected chi connectivity index (χ1v) is 8.54. The van der Waals surface area contributed by atoms with Gasteiger partial charge in [-0.1, -0.05) is 11.6 Å². The fraction of sp³-hybridized carbons (Fsp3) is 0.333. The van der Waals surface area contributed by atoms with Crippen LogP contribution in [0.3, 0.4) is 0 Å². The van der Waals surface area contributed by atoms with Crippen LogP contribution in [0.2, 0.25) is 5.02 Å². The highest BCUT2D eigenvalue weighted by Crippen LogP contribution is 2.36.